The summed E-state index contributed by atoms with van der Waals surface area (Å²) in [5.74, 6) is 0.758. The van der Waals surface area contributed by atoms with Crippen LogP contribution in [0.1, 0.15) is 19.3 Å². The molecule has 1 saturated heterocycles. The lowest BCUT2D eigenvalue weighted by Gasteiger charge is -2.16. The van der Waals surface area contributed by atoms with E-state index in [4.69, 9.17) is 9.47 Å². The zero-order valence-electron chi connectivity index (χ0n) is 7.37. The summed E-state index contributed by atoms with van der Waals surface area (Å²) in [5, 5.41) is 0. The monoisotopic (exact) mass is 168 g/mol. The van der Waals surface area contributed by atoms with Crippen LogP contribution >= 0.6 is 0 Å². The molecule has 0 aromatic rings. The highest BCUT2D eigenvalue weighted by Crippen LogP contribution is 2.19. The third-order valence-corrected chi connectivity index (χ3v) is 2.44. The van der Waals surface area contributed by atoms with Gasteiger partial charge < -0.3 is 9.47 Å². The van der Waals surface area contributed by atoms with Gasteiger partial charge in [0.1, 0.15) is 6.10 Å². The van der Waals surface area contributed by atoms with Crippen molar-refractivity contribution in [3.8, 4) is 0 Å². The van der Waals surface area contributed by atoms with Gasteiger partial charge in [-0.1, -0.05) is 12.2 Å². The van der Waals surface area contributed by atoms with Gasteiger partial charge in [-0.25, -0.2) is 0 Å². The molecule has 1 aliphatic carbocycles. The SMILES string of the molecule is C1=CCC(COCC2CO2)CC1. The van der Waals surface area contributed by atoms with Crippen molar-refractivity contribution < 1.29 is 9.47 Å². The van der Waals surface area contributed by atoms with Gasteiger partial charge in [-0.2, -0.15) is 0 Å². The molecule has 0 spiro atoms. The lowest BCUT2D eigenvalue weighted by Crippen LogP contribution is -2.13. The van der Waals surface area contributed by atoms with Crippen molar-refractivity contribution in [1.29, 1.82) is 0 Å². The summed E-state index contributed by atoms with van der Waals surface area (Å²) in [6.45, 7) is 2.63. The third-order valence-electron chi connectivity index (χ3n) is 2.44. The smallest absolute Gasteiger partial charge is 0.104 e. The van der Waals surface area contributed by atoms with Crippen LogP contribution in [0.3, 0.4) is 0 Å². The van der Waals surface area contributed by atoms with Crippen molar-refractivity contribution in [1.82, 2.24) is 0 Å². The minimum absolute atomic E-state index is 0.420. The first-order valence-electron chi connectivity index (χ1n) is 4.79. The maximum Gasteiger partial charge on any atom is 0.104 e. The number of hydrogen-bond acceptors (Lipinski definition) is 2. The minimum Gasteiger partial charge on any atom is -0.378 e. The highest BCUT2D eigenvalue weighted by atomic mass is 16.6. The Bertz CT molecular complexity index is 161. The summed E-state index contributed by atoms with van der Waals surface area (Å²) in [6.07, 6.45) is 8.68. The Labute approximate surface area is 73.5 Å². The van der Waals surface area contributed by atoms with Crippen LogP contribution in [0.2, 0.25) is 0 Å². The lowest BCUT2D eigenvalue weighted by molar-refractivity contribution is 0.0832. The van der Waals surface area contributed by atoms with E-state index in [1.165, 1.54) is 19.3 Å². The van der Waals surface area contributed by atoms with Gasteiger partial charge in [-0.05, 0) is 25.2 Å². The molecular weight excluding hydrogens is 152 g/mol. The number of ether oxygens (including phenoxy) is 2. The molecule has 0 amide bonds. The quantitative estimate of drug-likeness (QED) is 0.471. The van der Waals surface area contributed by atoms with E-state index < -0.39 is 0 Å². The summed E-state index contributed by atoms with van der Waals surface area (Å²) in [6, 6.07) is 0. The molecule has 0 aromatic carbocycles. The lowest BCUT2D eigenvalue weighted by atomic mass is 9.95. The maximum atomic E-state index is 5.54. The predicted octanol–water partition coefficient (Wildman–Crippen LogP) is 1.76. The van der Waals surface area contributed by atoms with Gasteiger partial charge in [0.05, 0.1) is 13.2 Å². The second-order valence-corrected chi connectivity index (χ2v) is 3.64. The van der Waals surface area contributed by atoms with Gasteiger partial charge in [0.25, 0.3) is 0 Å². The van der Waals surface area contributed by atoms with Crippen molar-refractivity contribution in [3.05, 3.63) is 12.2 Å². The standard InChI is InChI=1S/C10H16O2/c1-2-4-9(5-3-1)6-11-7-10-8-12-10/h1-2,9-10H,3-8H2. The fraction of sp³-hybridized carbons (Fsp3) is 0.800. The maximum absolute atomic E-state index is 5.54. The molecular formula is C10H16O2. The molecule has 2 aliphatic rings. The largest absolute Gasteiger partial charge is 0.378 e. The van der Waals surface area contributed by atoms with Crippen LogP contribution in [0, 0.1) is 5.92 Å². The number of rotatable bonds is 4. The summed E-state index contributed by atoms with van der Waals surface area (Å²) < 4.78 is 10.6. The number of hydrogen-bond donors (Lipinski definition) is 0. The Balaban J connectivity index is 1.55. The molecule has 0 saturated carbocycles. The van der Waals surface area contributed by atoms with Gasteiger partial charge in [-0.15, -0.1) is 0 Å². The summed E-state index contributed by atoms with van der Waals surface area (Å²) in [5.41, 5.74) is 0. The van der Waals surface area contributed by atoms with Crippen LogP contribution in [-0.2, 0) is 9.47 Å². The highest BCUT2D eigenvalue weighted by Gasteiger charge is 2.22. The minimum atomic E-state index is 0.420. The molecule has 1 fully saturated rings. The topological polar surface area (TPSA) is 21.8 Å². The van der Waals surface area contributed by atoms with E-state index in [1.807, 2.05) is 0 Å². The molecule has 2 heteroatoms. The van der Waals surface area contributed by atoms with Crippen LogP contribution in [0.5, 0.6) is 0 Å². The van der Waals surface area contributed by atoms with Crippen LogP contribution in [0.4, 0.5) is 0 Å². The Morgan fingerprint density at radius 2 is 2.25 bits per heavy atom. The van der Waals surface area contributed by atoms with E-state index in [-0.39, 0.29) is 0 Å². The van der Waals surface area contributed by atoms with E-state index in [2.05, 4.69) is 12.2 Å². The Morgan fingerprint density at radius 3 is 2.92 bits per heavy atom. The summed E-state index contributed by atoms with van der Waals surface area (Å²) >= 11 is 0. The van der Waals surface area contributed by atoms with Crippen molar-refractivity contribution >= 4 is 0 Å². The molecule has 2 nitrogen and oxygen atoms in total. The molecule has 0 aromatic heterocycles. The van der Waals surface area contributed by atoms with E-state index in [1.54, 1.807) is 0 Å². The molecule has 2 rings (SSSR count). The predicted molar refractivity (Wildman–Crippen MR) is 47.0 cm³/mol. The van der Waals surface area contributed by atoms with Crippen LogP contribution in [0.15, 0.2) is 12.2 Å². The fourth-order valence-electron chi connectivity index (χ4n) is 1.54. The van der Waals surface area contributed by atoms with Crippen LogP contribution < -0.4 is 0 Å². The fourth-order valence-corrected chi connectivity index (χ4v) is 1.54. The van der Waals surface area contributed by atoms with E-state index in [0.29, 0.717) is 6.10 Å². The first-order valence-corrected chi connectivity index (χ1v) is 4.79. The second-order valence-electron chi connectivity index (χ2n) is 3.64. The van der Waals surface area contributed by atoms with E-state index in [0.717, 1.165) is 25.7 Å². The zero-order chi connectivity index (χ0) is 8.23. The molecule has 0 radical (unpaired) electrons. The average Bonchev–Trinajstić information content (AvgIpc) is 2.90. The van der Waals surface area contributed by atoms with E-state index >= 15 is 0 Å². The van der Waals surface area contributed by atoms with Gasteiger partial charge in [0.15, 0.2) is 0 Å². The van der Waals surface area contributed by atoms with Gasteiger partial charge in [0.2, 0.25) is 0 Å². The van der Waals surface area contributed by atoms with Gasteiger partial charge in [-0.3, -0.25) is 0 Å². The van der Waals surface area contributed by atoms with Gasteiger partial charge >= 0.3 is 0 Å². The second kappa shape index (κ2) is 4.06. The first kappa shape index (κ1) is 8.27. The molecule has 2 atom stereocenters. The molecule has 1 aliphatic heterocycles. The van der Waals surface area contributed by atoms with Crippen molar-refractivity contribution in [2.24, 2.45) is 5.92 Å². The van der Waals surface area contributed by atoms with Crippen LogP contribution in [-0.4, -0.2) is 25.9 Å². The molecule has 68 valence electrons. The molecule has 2 unspecified atom stereocenters. The highest BCUT2D eigenvalue weighted by molar-refractivity contribution is 4.89. The first-order chi connectivity index (χ1) is 5.95. The zero-order valence-corrected chi connectivity index (χ0v) is 7.37. The third kappa shape index (κ3) is 2.61. The Kier molecular flexibility index (Phi) is 2.79. The molecule has 0 bridgehead atoms. The number of epoxide rings is 1. The molecule has 0 N–H and O–H groups in total. The van der Waals surface area contributed by atoms with Crippen LogP contribution in [0.25, 0.3) is 0 Å². The Hall–Kier alpha value is -0.340. The van der Waals surface area contributed by atoms with Crippen molar-refractivity contribution in [3.63, 3.8) is 0 Å². The van der Waals surface area contributed by atoms with E-state index in [9.17, 15) is 0 Å². The molecule has 12 heavy (non-hydrogen) atoms. The normalized spacial score (nSPS) is 33.7. The number of allylic oxidation sites excluding steroid dienone is 2. The van der Waals surface area contributed by atoms with Crippen molar-refractivity contribution in [2.45, 2.75) is 25.4 Å². The average molecular weight is 168 g/mol. The molecule has 1 heterocycles. The van der Waals surface area contributed by atoms with Crippen molar-refractivity contribution in [2.75, 3.05) is 19.8 Å². The Morgan fingerprint density at radius 1 is 1.33 bits per heavy atom. The summed E-state index contributed by atoms with van der Waals surface area (Å²) in [7, 11) is 0. The van der Waals surface area contributed by atoms with Gasteiger partial charge in [0, 0.05) is 6.61 Å². The summed E-state index contributed by atoms with van der Waals surface area (Å²) in [4.78, 5) is 0.